The minimum atomic E-state index is -0.353. The predicted octanol–water partition coefficient (Wildman–Crippen LogP) is 5.09. The topological polar surface area (TPSA) is 66.5 Å². The highest BCUT2D eigenvalue weighted by atomic mass is 16.3. The molecule has 0 bridgehead atoms. The van der Waals surface area contributed by atoms with Crippen molar-refractivity contribution in [3.05, 3.63) is 87.5 Å². The van der Waals surface area contributed by atoms with Crippen LogP contribution in [0, 0.1) is 27.7 Å². The average molecular weight is 347 g/mol. The fraction of sp³-hybridized carbons (Fsp3) is 0.217. The molecule has 3 rings (SSSR count). The number of hydrogen-bond donors (Lipinski definition) is 3. The predicted molar refractivity (Wildman–Crippen MR) is 107 cm³/mol. The minimum Gasteiger partial charge on any atom is -0.507 e. The second-order valence-corrected chi connectivity index (χ2v) is 7.10. The number of nitrogens with two attached hydrogens (primary N) is 1. The van der Waals surface area contributed by atoms with Crippen LogP contribution >= 0.6 is 0 Å². The molecule has 0 atom stereocenters. The maximum Gasteiger partial charge on any atom is 0.122 e. The first kappa shape index (κ1) is 17.9. The van der Waals surface area contributed by atoms with Crippen LogP contribution in [-0.2, 0) is 0 Å². The molecule has 0 unspecified atom stereocenters. The van der Waals surface area contributed by atoms with Gasteiger partial charge in [0, 0.05) is 22.7 Å². The summed E-state index contributed by atoms with van der Waals surface area (Å²) in [5.74, 6) is 0.123. The number of aryl methyl sites for hydroxylation is 4. The summed E-state index contributed by atoms with van der Waals surface area (Å²) in [7, 11) is 0. The molecule has 0 radical (unpaired) electrons. The normalized spacial score (nSPS) is 11.1. The van der Waals surface area contributed by atoms with Gasteiger partial charge >= 0.3 is 0 Å². The van der Waals surface area contributed by atoms with Crippen LogP contribution in [0.4, 0.5) is 5.69 Å². The molecule has 4 N–H and O–H groups in total. The molecular formula is C23H25NO2. The van der Waals surface area contributed by atoms with Crippen LogP contribution in [0.15, 0.2) is 48.5 Å². The zero-order valence-electron chi connectivity index (χ0n) is 15.7. The van der Waals surface area contributed by atoms with Gasteiger partial charge in [0.15, 0.2) is 0 Å². The van der Waals surface area contributed by atoms with Gasteiger partial charge in [0.2, 0.25) is 0 Å². The Morgan fingerprint density at radius 1 is 0.692 bits per heavy atom. The van der Waals surface area contributed by atoms with Gasteiger partial charge in [-0.3, -0.25) is 0 Å². The monoisotopic (exact) mass is 347 g/mol. The first-order valence-electron chi connectivity index (χ1n) is 8.74. The lowest BCUT2D eigenvalue weighted by atomic mass is 9.81. The lowest BCUT2D eigenvalue weighted by molar-refractivity contribution is 0.454. The maximum atomic E-state index is 10.8. The van der Waals surface area contributed by atoms with Gasteiger partial charge in [0.25, 0.3) is 0 Å². The molecule has 0 fully saturated rings. The van der Waals surface area contributed by atoms with Crippen molar-refractivity contribution in [2.75, 3.05) is 5.73 Å². The van der Waals surface area contributed by atoms with Crippen molar-refractivity contribution in [1.29, 1.82) is 0 Å². The molecule has 134 valence electrons. The highest BCUT2D eigenvalue weighted by Gasteiger charge is 2.26. The number of hydrogen-bond acceptors (Lipinski definition) is 3. The summed E-state index contributed by atoms with van der Waals surface area (Å²) in [6.45, 7) is 7.78. The van der Waals surface area contributed by atoms with Crippen molar-refractivity contribution >= 4 is 5.69 Å². The summed E-state index contributed by atoms with van der Waals surface area (Å²) in [5.41, 5.74) is 13.0. The Labute approximate surface area is 154 Å². The molecule has 0 aliphatic rings. The molecule has 3 aromatic carbocycles. The summed E-state index contributed by atoms with van der Waals surface area (Å²) >= 11 is 0. The fourth-order valence-corrected chi connectivity index (χ4v) is 3.70. The van der Waals surface area contributed by atoms with Gasteiger partial charge in [-0.25, -0.2) is 0 Å². The van der Waals surface area contributed by atoms with E-state index in [1.165, 1.54) is 0 Å². The van der Waals surface area contributed by atoms with Crippen LogP contribution < -0.4 is 5.73 Å². The van der Waals surface area contributed by atoms with Gasteiger partial charge in [-0.1, -0.05) is 53.6 Å². The summed E-state index contributed by atoms with van der Waals surface area (Å²) in [5, 5.41) is 21.6. The molecular weight excluding hydrogens is 322 g/mol. The van der Waals surface area contributed by atoms with Crippen LogP contribution in [-0.4, -0.2) is 10.2 Å². The van der Waals surface area contributed by atoms with E-state index in [0.717, 1.165) is 38.9 Å². The summed E-state index contributed by atoms with van der Waals surface area (Å²) < 4.78 is 0. The molecule has 0 heterocycles. The van der Waals surface area contributed by atoms with E-state index in [9.17, 15) is 10.2 Å². The third-order valence-corrected chi connectivity index (χ3v) is 4.88. The Kier molecular flexibility index (Phi) is 4.64. The molecule has 26 heavy (non-hydrogen) atoms. The number of para-hydroxylation sites is 1. The second-order valence-electron chi connectivity index (χ2n) is 7.10. The van der Waals surface area contributed by atoms with Gasteiger partial charge in [0.1, 0.15) is 11.5 Å². The SMILES string of the molecule is Cc1cc(C)c(O)c(C(c2ccccc2N)c2cc(C)cc(C)c2O)c1. The molecule has 0 spiro atoms. The molecule has 3 nitrogen and oxygen atoms in total. The lowest BCUT2D eigenvalue weighted by Crippen LogP contribution is -2.09. The number of nitrogen functional groups attached to an aromatic ring is 1. The van der Waals surface area contributed by atoms with E-state index >= 15 is 0 Å². The molecule has 3 heteroatoms. The Bertz CT molecular complexity index is 919. The highest BCUT2D eigenvalue weighted by molar-refractivity contribution is 5.62. The van der Waals surface area contributed by atoms with Gasteiger partial charge in [-0.05, 0) is 50.5 Å². The quantitative estimate of drug-likeness (QED) is 0.456. The number of phenolic OH excluding ortho intramolecular Hbond substituents is 2. The minimum absolute atomic E-state index is 0.238. The molecule has 3 aromatic rings. The molecule has 0 amide bonds. The van der Waals surface area contributed by atoms with E-state index in [0.29, 0.717) is 5.69 Å². The Hall–Kier alpha value is -2.94. The Morgan fingerprint density at radius 3 is 1.62 bits per heavy atom. The van der Waals surface area contributed by atoms with Crippen molar-refractivity contribution in [2.24, 2.45) is 0 Å². The third-order valence-electron chi connectivity index (χ3n) is 4.88. The van der Waals surface area contributed by atoms with Crippen molar-refractivity contribution in [2.45, 2.75) is 33.6 Å². The standard InChI is InChI=1S/C23H25NO2/c1-13-9-15(3)22(25)18(11-13)21(17-7-5-6-8-20(17)24)19-12-14(2)10-16(4)23(19)26/h5-12,21,25-26H,24H2,1-4H3. The van der Waals surface area contributed by atoms with E-state index in [-0.39, 0.29) is 17.4 Å². The maximum absolute atomic E-state index is 10.8. The number of anilines is 1. The molecule has 0 saturated heterocycles. The first-order chi connectivity index (χ1) is 12.3. The second kappa shape index (κ2) is 6.75. The number of rotatable bonds is 3. The van der Waals surface area contributed by atoms with E-state index < -0.39 is 0 Å². The van der Waals surface area contributed by atoms with Crippen LogP contribution in [0.2, 0.25) is 0 Å². The number of benzene rings is 3. The summed E-state index contributed by atoms with van der Waals surface area (Å²) in [6, 6.07) is 15.5. The number of phenols is 2. The van der Waals surface area contributed by atoms with Crippen LogP contribution in [0.5, 0.6) is 11.5 Å². The molecule has 0 saturated carbocycles. The zero-order valence-corrected chi connectivity index (χ0v) is 15.7. The van der Waals surface area contributed by atoms with E-state index in [1.54, 1.807) is 0 Å². The summed E-state index contributed by atoms with van der Waals surface area (Å²) in [4.78, 5) is 0. The smallest absolute Gasteiger partial charge is 0.122 e. The van der Waals surface area contributed by atoms with Crippen LogP contribution in [0.3, 0.4) is 0 Å². The van der Waals surface area contributed by atoms with Crippen molar-refractivity contribution in [1.82, 2.24) is 0 Å². The van der Waals surface area contributed by atoms with E-state index in [2.05, 4.69) is 0 Å². The van der Waals surface area contributed by atoms with E-state index in [1.807, 2.05) is 76.2 Å². The zero-order chi connectivity index (χ0) is 19.0. The van der Waals surface area contributed by atoms with Crippen LogP contribution in [0.1, 0.15) is 44.9 Å². The van der Waals surface area contributed by atoms with Crippen LogP contribution in [0.25, 0.3) is 0 Å². The van der Waals surface area contributed by atoms with Crippen molar-refractivity contribution in [3.63, 3.8) is 0 Å². The van der Waals surface area contributed by atoms with Gasteiger partial charge in [-0.2, -0.15) is 0 Å². The van der Waals surface area contributed by atoms with Gasteiger partial charge in [-0.15, -0.1) is 0 Å². The lowest BCUT2D eigenvalue weighted by Gasteiger charge is -2.24. The molecule has 0 aliphatic carbocycles. The highest BCUT2D eigenvalue weighted by Crippen LogP contribution is 2.44. The van der Waals surface area contributed by atoms with Crippen molar-refractivity contribution < 1.29 is 10.2 Å². The molecule has 0 aromatic heterocycles. The Balaban J connectivity index is 2.38. The number of aromatic hydroxyl groups is 2. The fourth-order valence-electron chi connectivity index (χ4n) is 3.70. The summed E-state index contributed by atoms with van der Waals surface area (Å²) in [6.07, 6.45) is 0. The van der Waals surface area contributed by atoms with E-state index in [4.69, 9.17) is 5.73 Å². The average Bonchev–Trinajstić information content (AvgIpc) is 2.58. The van der Waals surface area contributed by atoms with Gasteiger partial charge in [0.05, 0.1) is 0 Å². The molecule has 0 aliphatic heterocycles. The van der Waals surface area contributed by atoms with Gasteiger partial charge < -0.3 is 15.9 Å². The largest absolute Gasteiger partial charge is 0.507 e. The third kappa shape index (κ3) is 3.13. The first-order valence-corrected chi connectivity index (χ1v) is 8.74. The van der Waals surface area contributed by atoms with Crippen molar-refractivity contribution in [3.8, 4) is 11.5 Å². The Morgan fingerprint density at radius 2 is 1.15 bits per heavy atom.